The molecular formula is C9H10OS2. The Hall–Kier alpha value is -0.280. The fourth-order valence-electron chi connectivity index (χ4n) is 1.37. The summed E-state index contributed by atoms with van der Waals surface area (Å²) in [5.41, 5.74) is 0.959. The third kappa shape index (κ3) is 1.31. The predicted molar refractivity (Wildman–Crippen MR) is 53.3 cm³/mol. The van der Waals surface area contributed by atoms with E-state index in [0.29, 0.717) is 17.5 Å². The van der Waals surface area contributed by atoms with Crippen LogP contribution < -0.4 is 0 Å². The zero-order valence-corrected chi connectivity index (χ0v) is 8.72. The highest BCUT2D eigenvalue weighted by atomic mass is 32.2. The molecular weight excluding hydrogens is 188 g/mol. The average molecular weight is 198 g/mol. The van der Waals surface area contributed by atoms with E-state index in [-0.39, 0.29) is 0 Å². The van der Waals surface area contributed by atoms with Gasteiger partial charge in [-0.15, -0.1) is 23.1 Å². The quantitative estimate of drug-likeness (QED) is 0.637. The molecule has 2 heterocycles. The normalized spacial score (nSPS) is 22.5. The SMILES string of the molecule is Cc1cc2c(s1)SC(C)CC2=O. The van der Waals surface area contributed by atoms with E-state index in [4.69, 9.17) is 0 Å². The van der Waals surface area contributed by atoms with Gasteiger partial charge in [-0.2, -0.15) is 0 Å². The van der Waals surface area contributed by atoms with Crippen LogP contribution in [-0.4, -0.2) is 11.0 Å². The first-order chi connectivity index (χ1) is 5.66. The van der Waals surface area contributed by atoms with E-state index < -0.39 is 0 Å². The van der Waals surface area contributed by atoms with E-state index in [1.807, 2.05) is 17.8 Å². The molecule has 3 heteroatoms. The molecule has 1 aromatic rings. The number of thioether (sulfide) groups is 1. The van der Waals surface area contributed by atoms with Crippen molar-refractivity contribution >= 4 is 28.9 Å². The summed E-state index contributed by atoms with van der Waals surface area (Å²) in [7, 11) is 0. The minimum Gasteiger partial charge on any atom is -0.294 e. The molecule has 1 unspecified atom stereocenters. The highest BCUT2D eigenvalue weighted by Gasteiger charge is 2.24. The van der Waals surface area contributed by atoms with Crippen LogP contribution in [0.2, 0.25) is 0 Å². The molecule has 12 heavy (non-hydrogen) atoms. The van der Waals surface area contributed by atoms with Gasteiger partial charge in [0.05, 0.1) is 4.21 Å². The molecule has 0 aliphatic carbocycles. The number of aryl methyl sites for hydroxylation is 1. The molecule has 1 nitrogen and oxygen atoms in total. The maximum absolute atomic E-state index is 11.5. The fourth-order valence-corrected chi connectivity index (χ4v) is 4.10. The Morgan fingerprint density at radius 3 is 3.08 bits per heavy atom. The van der Waals surface area contributed by atoms with E-state index >= 15 is 0 Å². The fraction of sp³-hybridized carbons (Fsp3) is 0.444. The number of carbonyl (C=O) groups excluding carboxylic acids is 1. The molecule has 0 saturated carbocycles. The molecule has 0 aromatic carbocycles. The molecule has 0 bridgehead atoms. The number of rotatable bonds is 0. The minimum absolute atomic E-state index is 0.320. The lowest BCUT2D eigenvalue weighted by molar-refractivity contribution is 0.0979. The van der Waals surface area contributed by atoms with Crippen LogP contribution in [-0.2, 0) is 0 Å². The molecule has 1 aromatic heterocycles. The number of hydrogen-bond acceptors (Lipinski definition) is 3. The van der Waals surface area contributed by atoms with Crippen LogP contribution in [0, 0.1) is 6.92 Å². The molecule has 0 amide bonds. The van der Waals surface area contributed by atoms with Crippen molar-refractivity contribution in [3.63, 3.8) is 0 Å². The molecule has 1 aliphatic rings. The lowest BCUT2D eigenvalue weighted by Gasteiger charge is -2.15. The van der Waals surface area contributed by atoms with Crippen LogP contribution in [0.1, 0.15) is 28.6 Å². The lowest BCUT2D eigenvalue weighted by Crippen LogP contribution is -2.12. The maximum Gasteiger partial charge on any atom is 0.165 e. The highest BCUT2D eigenvalue weighted by molar-refractivity contribution is 8.01. The summed E-state index contributed by atoms with van der Waals surface area (Å²) in [5, 5.41) is 0.461. The summed E-state index contributed by atoms with van der Waals surface area (Å²) in [4.78, 5) is 12.7. The largest absolute Gasteiger partial charge is 0.294 e. The molecule has 1 aliphatic heterocycles. The molecule has 1 atom stereocenters. The van der Waals surface area contributed by atoms with Crippen molar-refractivity contribution in [3.05, 3.63) is 16.5 Å². The second-order valence-corrected chi connectivity index (χ2v) is 6.08. The van der Waals surface area contributed by atoms with Gasteiger partial charge in [0.15, 0.2) is 5.78 Å². The van der Waals surface area contributed by atoms with E-state index in [1.165, 1.54) is 9.09 Å². The summed E-state index contributed by atoms with van der Waals surface area (Å²) < 4.78 is 1.22. The molecule has 0 saturated heterocycles. The van der Waals surface area contributed by atoms with Crippen LogP contribution in [0.25, 0.3) is 0 Å². The number of ketones is 1. The zero-order chi connectivity index (χ0) is 8.72. The second-order valence-electron chi connectivity index (χ2n) is 3.11. The van der Waals surface area contributed by atoms with Crippen LogP contribution >= 0.6 is 23.1 Å². The van der Waals surface area contributed by atoms with E-state index in [2.05, 4.69) is 13.8 Å². The van der Waals surface area contributed by atoms with Crippen LogP contribution in [0.15, 0.2) is 10.3 Å². The van der Waals surface area contributed by atoms with Gasteiger partial charge in [0.25, 0.3) is 0 Å². The van der Waals surface area contributed by atoms with Crippen molar-refractivity contribution in [2.75, 3.05) is 0 Å². The average Bonchev–Trinajstić information content (AvgIpc) is 2.29. The van der Waals surface area contributed by atoms with Gasteiger partial charge in [0.2, 0.25) is 0 Å². The first-order valence-corrected chi connectivity index (χ1v) is 5.66. The summed E-state index contributed by atoms with van der Waals surface area (Å²) >= 11 is 3.57. The number of fused-ring (bicyclic) bond motifs is 1. The first kappa shape index (κ1) is 8.32. The van der Waals surface area contributed by atoms with Crippen molar-refractivity contribution in [2.24, 2.45) is 0 Å². The monoisotopic (exact) mass is 198 g/mol. The van der Waals surface area contributed by atoms with Gasteiger partial charge in [-0.3, -0.25) is 4.79 Å². The number of carbonyl (C=O) groups is 1. The van der Waals surface area contributed by atoms with Crippen LogP contribution in [0.4, 0.5) is 0 Å². The second kappa shape index (κ2) is 2.89. The summed E-state index contributed by atoms with van der Waals surface area (Å²) in [5.74, 6) is 0.320. The van der Waals surface area contributed by atoms with Crippen molar-refractivity contribution in [2.45, 2.75) is 29.7 Å². The summed E-state index contributed by atoms with van der Waals surface area (Å²) in [6.45, 7) is 4.17. The zero-order valence-electron chi connectivity index (χ0n) is 7.09. The summed E-state index contributed by atoms with van der Waals surface area (Å²) in [6, 6.07) is 2.02. The van der Waals surface area contributed by atoms with Gasteiger partial charge in [-0.25, -0.2) is 0 Å². The molecule has 0 N–H and O–H groups in total. The molecule has 0 radical (unpaired) electrons. The standard InChI is InChI=1S/C9H10OS2/c1-5-3-7-8(10)4-6(2)12-9(7)11-5/h3,6H,4H2,1-2H3. The van der Waals surface area contributed by atoms with Crippen LogP contribution in [0.3, 0.4) is 0 Å². The van der Waals surface area contributed by atoms with E-state index in [9.17, 15) is 4.79 Å². The Bertz CT molecular complexity index is 327. The Morgan fingerprint density at radius 2 is 2.33 bits per heavy atom. The molecule has 0 spiro atoms. The number of Topliss-reactive ketones (excluding diaryl/α,β-unsaturated/α-hetero) is 1. The topological polar surface area (TPSA) is 17.1 Å². The van der Waals surface area contributed by atoms with Crippen molar-refractivity contribution < 1.29 is 4.79 Å². The van der Waals surface area contributed by atoms with E-state index in [1.54, 1.807) is 11.3 Å². The van der Waals surface area contributed by atoms with Crippen LogP contribution in [0.5, 0.6) is 0 Å². The lowest BCUT2D eigenvalue weighted by atomic mass is 10.1. The van der Waals surface area contributed by atoms with Gasteiger partial charge in [0, 0.05) is 22.1 Å². The van der Waals surface area contributed by atoms with Crippen molar-refractivity contribution in [1.29, 1.82) is 0 Å². The van der Waals surface area contributed by atoms with Gasteiger partial charge in [-0.1, -0.05) is 6.92 Å². The minimum atomic E-state index is 0.320. The smallest absolute Gasteiger partial charge is 0.165 e. The Labute approximate surface area is 80.2 Å². The van der Waals surface area contributed by atoms with Gasteiger partial charge in [0.1, 0.15) is 0 Å². The maximum atomic E-state index is 11.5. The molecule has 2 rings (SSSR count). The summed E-state index contributed by atoms with van der Waals surface area (Å²) in [6.07, 6.45) is 0.702. The van der Waals surface area contributed by atoms with Crippen molar-refractivity contribution in [1.82, 2.24) is 0 Å². The molecule has 0 fully saturated rings. The van der Waals surface area contributed by atoms with E-state index in [0.717, 1.165) is 5.56 Å². The number of hydrogen-bond donors (Lipinski definition) is 0. The first-order valence-electron chi connectivity index (χ1n) is 3.97. The highest BCUT2D eigenvalue weighted by Crippen LogP contribution is 2.40. The Morgan fingerprint density at radius 1 is 1.58 bits per heavy atom. The van der Waals surface area contributed by atoms with Gasteiger partial charge < -0.3 is 0 Å². The van der Waals surface area contributed by atoms with Gasteiger partial charge >= 0.3 is 0 Å². The third-order valence-electron chi connectivity index (χ3n) is 1.90. The Balaban J connectivity index is 2.46. The number of thiophene rings is 1. The molecule has 64 valence electrons. The predicted octanol–water partition coefficient (Wildman–Crippen LogP) is 3.12. The Kier molecular flexibility index (Phi) is 2.00. The van der Waals surface area contributed by atoms with Crippen molar-refractivity contribution in [3.8, 4) is 0 Å². The third-order valence-corrected chi connectivity index (χ3v) is 4.29. The van der Waals surface area contributed by atoms with Gasteiger partial charge in [-0.05, 0) is 13.0 Å².